The van der Waals surface area contributed by atoms with E-state index in [9.17, 15) is 14.4 Å². The molecular weight excluding hydrogens is 384 g/mol. The minimum absolute atomic E-state index is 0.00892. The number of guanidine groups is 1. The highest BCUT2D eigenvalue weighted by Crippen LogP contribution is 2.19. The summed E-state index contributed by atoms with van der Waals surface area (Å²) in [4.78, 5) is 43.1. The first kappa shape index (κ1) is 23.3. The van der Waals surface area contributed by atoms with Crippen molar-refractivity contribution < 1.29 is 14.4 Å². The molecule has 1 aliphatic rings. The Hall–Kier alpha value is -2.94. The maximum atomic E-state index is 12.9. The summed E-state index contributed by atoms with van der Waals surface area (Å²) in [6, 6.07) is 7.56. The number of benzene rings is 1. The molecule has 2 rings (SSSR count). The van der Waals surface area contributed by atoms with E-state index in [-0.39, 0.29) is 23.6 Å². The van der Waals surface area contributed by atoms with Crippen molar-refractivity contribution in [2.75, 3.05) is 13.1 Å². The summed E-state index contributed by atoms with van der Waals surface area (Å²) in [7, 11) is 0. The summed E-state index contributed by atoms with van der Waals surface area (Å²) in [5, 5.41) is 2.79. The number of nitrogens with one attached hydrogen (secondary N) is 1. The van der Waals surface area contributed by atoms with E-state index >= 15 is 0 Å². The monoisotopic (exact) mass is 416 g/mol. The molecule has 164 valence electrons. The molecule has 0 radical (unpaired) electrons. The molecule has 0 aromatic heterocycles. The fraction of sp³-hybridized carbons (Fsp3) is 0.524. The molecule has 2 amide bonds. The van der Waals surface area contributed by atoms with Gasteiger partial charge in [-0.2, -0.15) is 0 Å². The lowest BCUT2D eigenvalue weighted by Crippen LogP contribution is -2.54. The molecule has 30 heavy (non-hydrogen) atoms. The number of ketones is 1. The van der Waals surface area contributed by atoms with Gasteiger partial charge in [0.15, 0.2) is 11.7 Å². The summed E-state index contributed by atoms with van der Waals surface area (Å²) in [5.74, 6) is -0.728. The average Bonchev–Trinajstić information content (AvgIpc) is 3.19. The van der Waals surface area contributed by atoms with Crippen molar-refractivity contribution in [3.63, 3.8) is 0 Å². The average molecular weight is 417 g/mol. The first-order valence-electron chi connectivity index (χ1n) is 10.3. The van der Waals surface area contributed by atoms with Gasteiger partial charge < -0.3 is 27.4 Å². The number of hydrogen-bond donors (Lipinski definition) is 4. The lowest BCUT2D eigenvalue weighted by Gasteiger charge is -2.28. The van der Waals surface area contributed by atoms with Crippen LogP contribution in [0.25, 0.3) is 0 Å². The number of nitrogens with two attached hydrogens (primary N) is 3. The smallest absolute Gasteiger partial charge is 0.243 e. The van der Waals surface area contributed by atoms with E-state index in [1.165, 1.54) is 6.92 Å². The summed E-state index contributed by atoms with van der Waals surface area (Å²) >= 11 is 0. The third kappa shape index (κ3) is 6.84. The van der Waals surface area contributed by atoms with Crippen LogP contribution in [0.2, 0.25) is 0 Å². The van der Waals surface area contributed by atoms with Gasteiger partial charge in [-0.3, -0.25) is 19.4 Å². The summed E-state index contributed by atoms with van der Waals surface area (Å²) in [5.41, 5.74) is 17.7. The van der Waals surface area contributed by atoms with Crippen LogP contribution in [-0.4, -0.2) is 59.7 Å². The van der Waals surface area contributed by atoms with Gasteiger partial charge >= 0.3 is 0 Å². The molecule has 0 spiro atoms. The molecule has 3 atom stereocenters. The number of nitrogens with zero attached hydrogens (tertiary/aromatic N) is 2. The lowest BCUT2D eigenvalue weighted by atomic mass is 10.0. The van der Waals surface area contributed by atoms with Gasteiger partial charge in [0.25, 0.3) is 0 Å². The Bertz CT molecular complexity index is 763. The second-order valence-electron chi connectivity index (χ2n) is 7.61. The number of carbonyl (C=O) groups is 3. The van der Waals surface area contributed by atoms with Crippen molar-refractivity contribution in [2.45, 2.75) is 57.2 Å². The van der Waals surface area contributed by atoms with Crippen LogP contribution in [0.15, 0.2) is 35.3 Å². The van der Waals surface area contributed by atoms with Crippen LogP contribution in [0.3, 0.4) is 0 Å². The third-order valence-electron chi connectivity index (χ3n) is 5.21. The maximum absolute atomic E-state index is 12.9. The predicted molar refractivity (Wildman–Crippen MR) is 115 cm³/mol. The normalized spacial score (nSPS) is 17.8. The van der Waals surface area contributed by atoms with Gasteiger partial charge in [0.1, 0.15) is 6.04 Å². The Kier molecular flexibility index (Phi) is 8.79. The number of amides is 2. The second kappa shape index (κ2) is 11.3. The number of Topliss-reactive ketones (excluding diaryl/α,β-unsaturated/α-hetero) is 1. The van der Waals surface area contributed by atoms with E-state index in [2.05, 4.69) is 10.3 Å². The van der Waals surface area contributed by atoms with Crippen LogP contribution < -0.4 is 22.5 Å². The van der Waals surface area contributed by atoms with E-state index in [0.29, 0.717) is 38.8 Å². The Morgan fingerprint density at radius 1 is 1.23 bits per heavy atom. The molecule has 9 heteroatoms. The highest BCUT2D eigenvalue weighted by atomic mass is 16.2. The highest BCUT2D eigenvalue weighted by molar-refractivity contribution is 5.93. The summed E-state index contributed by atoms with van der Waals surface area (Å²) < 4.78 is 0. The Labute approximate surface area is 177 Å². The number of hydrogen-bond acceptors (Lipinski definition) is 5. The van der Waals surface area contributed by atoms with Gasteiger partial charge in [-0.1, -0.05) is 30.3 Å². The van der Waals surface area contributed by atoms with E-state index in [4.69, 9.17) is 17.2 Å². The zero-order valence-corrected chi connectivity index (χ0v) is 17.4. The second-order valence-corrected chi connectivity index (χ2v) is 7.61. The highest BCUT2D eigenvalue weighted by Gasteiger charge is 2.37. The van der Waals surface area contributed by atoms with Gasteiger partial charge in [0.05, 0.1) is 12.1 Å². The molecule has 0 bridgehead atoms. The number of carbonyl (C=O) groups excluding carboxylic acids is 3. The van der Waals surface area contributed by atoms with Crippen molar-refractivity contribution in [2.24, 2.45) is 22.2 Å². The van der Waals surface area contributed by atoms with E-state index in [0.717, 1.165) is 12.0 Å². The van der Waals surface area contributed by atoms with Gasteiger partial charge in [-0.25, -0.2) is 0 Å². The molecule has 1 aliphatic heterocycles. The zero-order chi connectivity index (χ0) is 22.1. The molecule has 7 N–H and O–H groups in total. The van der Waals surface area contributed by atoms with Crippen LogP contribution in [0.1, 0.15) is 38.2 Å². The minimum Gasteiger partial charge on any atom is -0.370 e. The topological polar surface area (TPSA) is 157 Å². The molecule has 1 heterocycles. The standard InChI is InChI=1S/C21H32N6O3/c1-14(28)17(9-5-11-25-21(23)24)26-19(29)18-10-6-12-27(18)20(30)16(22)13-15-7-3-2-4-8-15/h2-4,7-8,16-18H,5-6,9-13,22H2,1H3,(H,26,29)(H4,23,24,25)/t16-,17+,18+/m1/s1. The third-order valence-corrected chi connectivity index (χ3v) is 5.21. The molecule has 1 aromatic carbocycles. The van der Waals surface area contributed by atoms with Gasteiger partial charge in [0, 0.05) is 13.1 Å². The Balaban J connectivity index is 1.95. The van der Waals surface area contributed by atoms with Crippen LogP contribution in [0.5, 0.6) is 0 Å². The fourth-order valence-electron chi connectivity index (χ4n) is 3.62. The van der Waals surface area contributed by atoms with E-state index in [1.807, 2.05) is 30.3 Å². The van der Waals surface area contributed by atoms with Crippen molar-refractivity contribution in [3.05, 3.63) is 35.9 Å². The largest absolute Gasteiger partial charge is 0.370 e. The first-order valence-corrected chi connectivity index (χ1v) is 10.3. The van der Waals surface area contributed by atoms with Crippen LogP contribution in [-0.2, 0) is 20.8 Å². The van der Waals surface area contributed by atoms with Gasteiger partial charge in [0.2, 0.25) is 11.8 Å². The predicted octanol–water partition coefficient (Wildman–Crippen LogP) is -0.325. The Morgan fingerprint density at radius 2 is 1.93 bits per heavy atom. The molecular formula is C21H32N6O3. The van der Waals surface area contributed by atoms with Crippen molar-refractivity contribution >= 4 is 23.6 Å². The molecule has 1 saturated heterocycles. The van der Waals surface area contributed by atoms with Crippen LogP contribution in [0, 0.1) is 0 Å². The Morgan fingerprint density at radius 3 is 2.57 bits per heavy atom. The van der Waals surface area contributed by atoms with Crippen LogP contribution >= 0.6 is 0 Å². The summed E-state index contributed by atoms with van der Waals surface area (Å²) in [6.45, 7) is 2.29. The molecule has 0 aliphatic carbocycles. The fourth-order valence-corrected chi connectivity index (χ4v) is 3.62. The molecule has 0 saturated carbocycles. The van der Waals surface area contributed by atoms with E-state index in [1.54, 1.807) is 4.90 Å². The maximum Gasteiger partial charge on any atom is 0.243 e. The van der Waals surface area contributed by atoms with Crippen molar-refractivity contribution in [1.82, 2.24) is 10.2 Å². The minimum atomic E-state index is -0.719. The lowest BCUT2D eigenvalue weighted by molar-refractivity contribution is -0.140. The van der Waals surface area contributed by atoms with Crippen molar-refractivity contribution in [3.8, 4) is 0 Å². The zero-order valence-electron chi connectivity index (χ0n) is 17.4. The number of likely N-dealkylation sites (tertiary alicyclic amines) is 1. The molecule has 0 unspecified atom stereocenters. The van der Waals surface area contributed by atoms with Crippen molar-refractivity contribution in [1.29, 1.82) is 0 Å². The summed E-state index contributed by atoms with van der Waals surface area (Å²) in [6.07, 6.45) is 2.65. The SMILES string of the molecule is CC(=O)[C@H](CCCN=C(N)N)NC(=O)[C@@H]1CCCN1C(=O)[C@H](N)Cc1ccccc1. The number of aliphatic imine (C=N–C) groups is 1. The van der Waals surface area contributed by atoms with Gasteiger partial charge in [-0.15, -0.1) is 0 Å². The van der Waals surface area contributed by atoms with Crippen LogP contribution in [0.4, 0.5) is 0 Å². The first-order chi connectivity index (χ1) is 14.3. The quantitative estimate of drug-likeness (QED) is 0.232. The van der Waals surface area contributed by atoms with Gasteiger partial charge in [-0.05, 0) is 44.6 Å². The molecule has 9 nitrogen and oxygen atoms in total. The van der Waals surface area contributed by atoms with E-state index < -0.39 is 18.1 Å². The molecule has 1 aromatic rings. The number of rotatable bonds is 10. The molecule has 1 fully saturated rings.